The van der Waals surface area contributed by atoms with Gasteiger partial charge < -0.3 is 4.74 Å². The lowest BCUT2D eigenvalue weighted by Gasteiger charge is -2.06. The van der Waals surface area contributed by atoms with Crippen LogP contribution in [0.3, 0.4) is 0 Å². The topological polar surface area (TPSA) is 39.9 Å². The zero-order valence-corrected chi connectivity index (χ0v) is 12.8. The number of aromatic nitrogens is 3. The monoisotopic (exact) mass is 333 g/mol. The first kappa shape index (κ1) is 16.0. The van der Waals surface area contributed by atoms with Crippen molar-refractivity contribution in [3.63, 3.8) is 0 Å². The molecule has 3 rings (SSSR count). The van der Waals surface area contributed by atoms with E-state index in [2.05, 4.69) is 10.3 Å². The second kappa shape index (κ2) is 6.35. The number of hydrogen-bond donors (Lipinski definition) is 0. The molecule has 0 bridgehead atoms. The molecule has 0 aliphatic carbocycles. The molecule has 0 aliphatic rings. The van der Waals surface area contributed by atoms with Gasteiger partial charge >= 0.3 is 6.18 Å². The Kier molecular flexibility index (Phi) is 4.24. The number of rotatable bonds is 4. The van der Waals surface area contributed by atoms with Crippen molar-refractivity contribution in [2.45, 2.75) is 12.7 Å². The Labute approximate surface area is 136 Å². The molecule has 3 aromatic rings. The van der Waals surface area contributed by atoms with Gasteiger partial charge in [0.1, 0.15) is 11.4 Å². The molecule has 0 atom stereocenters. The summed E-state index contributed by atoms with van der Waals surface area (Å²) in [6.45, 7) is 0.491. The first-order valence-corrected chi connectivity index (χ1v) is 7.16. The van der Waals surface area contributed by atoms with Gasteiger partial charge in [-0.25, -0.2) is 4.68 Å². The van der Waals surface area contributed by atoms with Gasteiger partial charge in [0.05, 0.1) is 25.4 Å². The highest BCUT2D eigenvalue weighted by atomic mass is 19.4. The summed E-state index contributed by atoms with van der Waals surface area (Å²) in [5.74, 6) is 0.746. The number of hydrogen-bond acceptors (Lipinski definition) is 3. The van der Waals surface area contributed by atoms with Crippen LogP contribution in [-0.2, 0) is 12.7 Å². The SMILES string of the molecule is COc1cccc(Cn2cc(-c3ccc(C(F)(F)F)cc3)nn2)c1. The van der Waals surface area contributed by atoms with Crippen molar-refractivity contribution >= 4 is 0 Å². The van der Waals surface area contributed by atoms with Crippen LogP contribution in [0.2, 0.25) is 0 Å². The Morgan fingerprint density at radius 2 is 1.83 bits per heavy atom. The van der Waals surface area contributed by atoms with E-state index < -0.39 is 11.7 Å². The highest BCUT2D eigenvalue weighted by molar-refractivity contribution is 5.58. The Morgan fingerprint density at radius 3 is 2.50 bits per heavy atom. The minimum Gasteiger partial charge on any atom is -0.497 e. The molecule has 0 aliphatic heterocycles. The minimum atomic E-state index is -4.34. The predicted octanol–water partition coefficient (Wildman–Crippen LogP) is 4.02. The fraction of sp³-hybridized carbons (Fsp3) is 0.176. The van der Waals surface area contributed by atoms with Crippen LogP contribution in [0.1, 0.15) is 11.1 Å². The maximum absolute atomic E-state index is 12.6. The van der Waals surface area contributed by atoms with Crippen LogP contribution in [0.25, 0.3) is 11.3 Å². The van der Waals surface area contributed by atoms with E-state index in [1.165, 1.54) is 12.1 Å². The molecule has 0 radical (unpaired) electrons. The highest BCUT2D eigenvalue weighted by Gasteiger charge is 2.30. The largest absolute Gasteiger partial charge is 0.497 e. The zero-order valence-electron chi connectivity index (χ0n) is 12.8. The van der Waals surface area contributed by atoms with Crippen molar-refractivity contribution in [3.8, 4) is 17.0 Å². The van der Waals surface area contributed by atoms with E-state index in [0.717, 1.165) is 23.4 Å². The van der Waals surface area contributed by atoms with Crippen LogP contribution in [0.5, 0.6) is 5.75 Å². The zero-order chi connectivity index (χ0) is 17.2. The van der Waals surface area contributed by atoms with E-state index in [4.69, 9.17) is 4.74 Å². The van der Waals surface area contributed by atoms with Gasteiger partial charge in [-0.2, -0.15) is 13.2 Å². The van der Waals surface area contributed by atoms with Gasteiger partial charge in [-0.05, 0) is 29.8 Å². The molecule has 124 valence electrons. The molecule has 0 amide bonds. The van der Waals surface area contributed by atoms with Crippen LogP contribution in [0.4, 0.5) is 13.2 Å². The van der Waals surface area contributed by atoms with Crippen LogP contribution >= 0.6 is 0 Å². The lowest BCUT2D eigenvalue weighted by molar-refractivity contribution is -0.137. The first-order chi connectivity index (χ1) is 11.5. The second-order valence-corrected chi connectivity index (χ2v) is 5.23. The molecule has 2 aromatic carbocycles. The molecule has 0 saturated heterocycles. The number of benzene rings is 2. The van der Waals surface area contributed by atoms with Crippen LogP contribution < -0.4 is 4.74 Å². The summed E-state index contributed by atoms with van der Waals surface area (Å²) < 4.78 is 44.6. The third-order valence-electron chi connectivity index (χ3n) is 3.53. The molecule has 4 nitrogen and oxygen atoms in total. The molecule has 0 fully saturated rings. The Balaban J connectivity index is 1.77. The van der Waals surface area contributed by atoms with Gasteiger partial charge in [0.2, 0.25) is 0 Å². The fourth-order valence-corrected chi connectivity index (χ4v) is 2.30. The molecule has 1 heterocycles. The van der Waals surface area contributed by atoms with Crippen molar-refractivity contribution in [2.24, 2.45) is 0 Å². The molecular weight excluding hydrogens is 319 g/mol. The highest BCUT2D eigenvalue weighted by Crippen LogP contribution is 2.30. The number of nitrogens with zero attached hydrogens (tertiary/aromatic N) is 3. The fourth-order valence-electron chi connectivity index (χ4n) is 2.30. The lowest BCUT2D eigenvalue weighted by Crippen LogP contribution is -2.03. The number of alkyl halides is 3. The van der Waals surface area contributed by atoms with E-state index in [0.29, 0.717) is 17.8 Å². The van der Waals surface area contributed by atoms with Gasteiger partial charge in [0.15, 0.2) is 0 Å². The quantitative estimate of drug-likeness (QED) is 0.724. The van der Waals surface area contributed by atoms with E-state index in [1.807, 2.05) is 24.3 Å². The van der Waals surface area contributed by atoms with Gasteiger partial charge in [0.25, 0.3) is 0 Å². The van der Waals surface area contributed by atoms with E-state index in [9.17, 15) is 13.2 Å². The molecule has 0 spiro atoms. The summed E-state index contributed by atoms with van der Waals surface area (Å²) in [5.41, 5.74) is 1.40. The van der Waals surface area contributed by atoms with Gasteiger partial charge in [-0.1, -0.05) is 29.5 Å². The lowest BCUT2D eigenvalue weighted by atomic mass is 10.1. The number of halogens is 3. The van der Waals surface area contributed by atoms with Crippen molar-refractivity contribution in [3.05, 3.63) is 65.9 Å². The third kappa shape index (κ3) is 3.56. The first-order valence-electron chi connectivity index (χ1n) is 7.16. The maximum atomic E-state index is 12.6. The van der Waals surface area contributed by atoms with E-state index in [1.54, 1.807) is 18.0 Å². The van der Waals surface area contributed by atoms with Crippen molar-refractivity contribution in [1.29, 1.82) is 0 Å². The standard InChI is InChI=1S/C17H14F3N3O/c1-24-15-4-2-3-12(9-15)10-23-11-16(21-22-23)13-5-7-14(8-6-13)17(18,19)20/h2-9,11H,10H2,1H3. The normalized spacial score (nSPS) is 11.5. The summed E-state index contributed by atoms with van der Waals surface area (Å²) in [5, 5.41) is 8.04. The van der Waals surface area contributed by atoms with Gasteiger partial charge in [-0.3, -0.25) is 0 Å². The molecule has 1 aromatic heterocycles. The van der Waals surface area contributed by atoms with Crippen molar-refractivity contribution in [2.75, 3.05) is 7.11 Å². The summed E-state index contributed by atoms with van der Waals surface area (Å²) in [6.07, 6.45) is -2.65. The van der Waals surface area contributed by atoms with Crippen LogP contribution in [0.15, 0.2) is 54.7 Å². The van der Waals surface area contributed by atoms with Crippen LogP contribution in [0, 0.1) is 0 Å². The van der Waals surface area contributed by atoms with Gasteiger partial charge in [0, 0.05) is 5.56 Å². The maximum Gasteiger partial charge on any atom is 0.416 e. The molecule has 7 heteroatoms. The molecular formula is C17H14F3N3O. The molecule has 0 N–H and O–H groups in total. The molecule has 24 heavy (non-hydrogen) atoms. The van der Waals surface area contributed by atoms with Crippen molar-refractivity contribution in [1.82, 2.24) is 15.0 Å². The average molecular weight is 333 g/mol. The summed E-state index contributed by atoms with van der Waals surface area (Å²) in [7, 11) is 1.59. The van der Waals surface area contributed by atoms with Crippen molar-refractivity contribution < 1.29 is 17.9 Å². The smallest absolute Gasteiger partial charge is 0.416 e. The molecule has 0 saturated carbocycles. The van der Waals surface area contributed by atoms with Crippen LogP contribution in [-0.4, -0.2) is 22.1 Å². The summed E-state index contributed by atoms with van der Waals surface area (Å²) >= 11 is 0. The molecule has 0 unspecified atom stereocenters. The number of methoxy groups -OCH3 is 1. The predicted molar refractivity (Wildman–Crippen MR) is 82.6 cm³/mol. The Bertz CT molecular complexity index is 826. The summed E-state index contributed by atoms with van der Waals surface area (Å²) in [6, 6.07) is 12.4. The minimum absolute atomic E-state index is 0.491. The third-order valence-corrected chi connectivity index (χ3v) is 3.53. The number of ether oxygens (including phenoxy) is 1. The Hall–Kier alpha value is -2.83. The van der Waals surface area contributed by atoms with Gasteiger partial charge in [-0.15, -0.1) is 5.10 Å². The second-order valence-electron chi connectivity index (χ2n) is 5.23. The van der Waals surface area contributed by atoms with E-state index in [-0.39, 0.29) is 0 Å². The average Bonchev–Trinajstić information content (AvgIpc) is 3.03. The summed E-state index contributed by atoms with van der Waals surface area (Å²) in [4.78, 5) is 0. The Morgan fingerprint density at radius 1 is 1.08 bits per heavy atom. The van der Waals surface area contributed by atoms with E-state index >= 15 is 0 Å².